The molecular weight excluding hydrogens is 250 g/mol. The lowest BCUT2D eigenvalue weighted by molar-refractivity contribution is -0.382. The van der Waals surface area contributed by atoms with Gasteiger partial charge in [-0.1, -0.05) is 13.8 Å². The van der Waals surface area contributed by atoms with Crippen molar-refractivity contribution in [2.24, 2.45) is 0 Å². The van der Waals surface area contributed by atoms with Gasteiger partial charge in [0.15, 0.2) is 5.52 Å². The number of fused-ring (bicyclic) bond motifs is 1. The molecule has 96 valence electrons. The molecule has 0 saturated carbocycles. The van der Waals surface area contributed by atoms with Crippen molar-refractivity contribution < 1.29 is 4.92 Å². The van der Waals surface area contributed by atoms with Gasteiger partial charge in [0, 0.05) is 6.04 Å². The summed E-state index contributed by atoms with van der Waals surface area (Å²) in [5.74, 6) is 0. The maximum absolute atomic E-state index is 11.2. The minimum atomic E-state index is -0.354. The highest BCUT2D eigenvalue weighted by Gasteiger charge is 2.21. The van der Waals surface area contributed by atoms with Crippen molar-refractivity contribution >= 4 is 32.9 Å². The number of rotatable bonds is 5. The van der Waals surface area contributed by atoms with Crippen molar-refractivity contribution in [3.63, 3.8) is 0 Å². The molecular formula is C12H15N3O2S. The van der Waals surface area contributed by atoms with Crippen LogP contribution in [0, 0.1) is 10.1 Å². The number of hydrogen-bond donors (Lipinski definition) is 1. The van der Waals surface area contributed by atoms with E-state index in [1.165, 1.54) is 11.3 Å². The van der Waals surface area contributed by atoms with Gasteiger partial charge in [0.25, 0.3) is 0 Å². The molecule has 0 unspecified atom stereocenters. The predicted octanol–water partition coefficient (Wildman–Crippen LogP) is 3.81. The van der Waals surface area contributed by atoms with Gasteiger partial charge in [-0.15, -0.1) is 11.3 Å². The summed E-state index contributed by atoms with van der Waals surface area (Å²) in [6.07, 6.45) is 1.87. The van der Waals surface area contributed by atoms with Gasteiger partial charge >= 0.3 is 5.69 Å². The summed E-state index contributed by atoms with van der Waals surface area (Å²) in [5, 5.41) is 14.5. The molecule has 2 rings (SSSR count). The summed E-state index contributed by atoms with van der Waals surface area (Å²) >= 11 is 1.41. The minimum absolute atomic E-state index is 0.0839. The molecule has 0 saturated heterocycles. The van der Waals surface area contributed by atoms with Gasteiger partial charge in [0.05, 0.1) is 15.1 Å². The van der Waals surface area contributed by atoms with Gasteiger partial charge in [-0.2, -0.15) is 0 Å². The van der Waals surface area contributed by atoms with E-state index >= 15 is 0 Å². The highest BCUT2D eigenvalue weighted by Crippen LogP contribution is 2.34. The van der Waals surface area contributed by atoms with E-state index in [4.69, 9.17) is 0 Å². The molecule has 0 fully saturated rings. The Morgan fingerprint density at radius 1 is 1.44 bits per heavy atom. The summed E-state index contributed by atoms with van der Waals surface area (Å²) in [6.45, 7) is 4.13. The molecule has 2 aromatic rings. The summed E-state index contributed by atoms with van der Waals surface area (Å²) in [6, 6.07) is 3.90. The Morgan fingerprint density at radius 2 is 2.17 bits per heavy atom. The quantitative estimate of drug-likeness (QED) is 0.659. The van der Waals surface area contributed by atoms with Crippen LogP contribution in [0.4, 0.5) is 11.4 Å². The monoisotopic (exact) mass is 265 g/mol. The first-order chi connectivity index (χ1) is 8.67. The number of nitrogens with one attached hydrogen (secondary N) is 1. The molecule has 1 aromatic heterocycles. The van der Waals surface area contributed by atoms with E-state index in [0.29, 0.717) is 11.2 Å². The van der Waals surface area contributed by atoms with Crippen molar-refractivity contribution in [3.8, 4) is 0 Å². The van der Waals surface area contributed by atoms with Gasteiger partial charge in [-0.3, -0.25) is 10.1 Å². The lowest BCUT2D eigenvalue weighted by Gasteiger charge is -2.16. The number of aromatic nitrogens is 1. The molecule has 1 N–H and O–H groups in total. The van der Waals surface area contributed by atoms with E-state index in [0.717, 1.165) is 17.5 Å². The van der Waals surface area contributed by atoms with Crippen LogP contribution in [0.1, 0.15) is 26.7 Å². The zero-order valence-electron chi connectivity index (χ0n) is 10.3. The number of anilines is 1. The van der Waals surface area contributed by atoms with Gasteiger partial charge in [0.1, 0.15) is 5.69 Å². The lowest BCUT2D eigenvalue weighted by atomic mass is 10.1. The van der Waals surface area contributed by atoms with Crippen molar-refractivity contribution in [2.75, 3.05) is 5.32 Å². The van der Waals surface area contributed by atoms with Crippen molar-refractivity contribution in [1.29, 1.82) is 0 Å². The van der Waals surface area contributed by atoms with Crippen LogP contribution in [0.5, 0.6) is 0 Å². The van der Waals surface area contributed by atoms with E-state index in [1.807, 2.05) is 6.07 Å². The topological polar surface area (TPSA) is 68.1 Å². The molecule has 1 aromatic carbocycles. The Hall–Kier alpha value is -1.69. The summed E-state index contributed by atoms with van der Waals surface area (Å²) in [7, 11) is 0. The average molecular weight is 265 g/mol. The predicted molar refractivity (Wildman–Crippen MR) is 74.3 cm³/mol. The summed E-state index contributed by atoms with van der Waals surface area (Å²) in [4.78, 5) is 15.0. The zero-order valence-corrected chi connectivity index (χ0v) is 11.2. The number of nitrogens with zero attached hydrogens (tertiary/aromatic N) is 2. The minimum Gasteiger partial charge on any atom is -0.377 e. The molecule has 1 heterocycles. The maximum atomic E-state index is 11.2. The molecule has 18 heavy (non-hydrogen) atoms. The van der Waals surface area contributed by atoms with Crippen LogP contribution in [0.2, 0.25) is 0 Å². The van der Waals surface area contributed by atoms with Crippen LogP contribution < -0.4 is 5.32 Å². The smallest absolute Gasteiger partial charge is 0.319 e. The third-order valence-corrected chi connectivity index (χ3v) is 3.80. The van der Waals surface area contributed by atoms with E-state index in [1.54, 1.807) is 11.6 Å². The number of hydrogen-bond acceptors (Lipinski definition) is 5. The SMILES string of the molecule is CCC(CC)Nc1ccc2scnc2c1[N+](=O)[O-]. The van der Waals surface area contributed by atoms with Crippen molar-refractivity contribution in [1.82, 2.24) is 4.98 Å². The average Bonchev–Trinajstić information content (AvgIpc) is 2.82. The molecule has 0 aliphatic carbocycles. The van der Waals surface area contributed by atoms with E-state index in [9.17, 15) is 10.1 Å². The van der Waals surface area contributed by atoms with Crippen LogP contribution in [0.15, 0.2) is 17.6 Å². The Labute approximate surface area is 109 Å². The van der Waals surface area contributed by atoms with Crippen LogP contribution in [-0.4, -0.2) is 15.9 Å². The molecule has 0 bridgehead atoms. The maximum Gasteiger partial charge on any atom is 0.319 e. The number of nitro benzene ring substituents is 1. The first-order valence-electron chi connectivity index (χ1n) is 5.94. The fraction of sp³-hybridized carbons (Fsp3) is 0.417. The fourth-order valence-electron chi connectivity index (χ4n) is 1.93. The molecule has 0 aliphatic heterocycles. The van der Waals surface area contributed by atoms with Crippen LogP contribution in [0.25, 0.3) is 10.2 Å². The van der Waals surface area contributed by atoms with Crippen molar-refractivity contribution in [2.45, 2.75) is 32.7 Å². The lowest BCUT2D eigenvalue weighted by Crippen LogP contribution is -2.17. The van der Waals surface area contributed by atoms with Gasteiger partial charge in [-0.25, -0.2) is 4.98 Å². The Kier molecular flexibility index (Phi) is 3.76. The van der Waals surface area contributed by atoms with Crippen LogP contribution in [0.3, 0.4) is 0 Å². The normalized spacial score (nSPS) is 11.1. The molecule has 0 radical (unpaired) electrons. The number of thiazole rings is 1. The Morgan fingerprint density at radius 3 is 2.78 bits per heavy atom. The molecule has 0 aliphatic rings. The largest absolute Gasteiger partial charge is 0.377 e. The first-order valence-corrected chi connectivity index (χ1v) is 6.82. The fourth-order valence-corrected chi connectivity index (χ4v) is 2.61. The second kappa shape index (κ2) is 5.30. The highest BCUT2D eigenvalue weighted by atomic mass is 32.1. The third-order valence-electron chi connectivity index (χ3n) is 3.00. The molecule has 6 heteroatoms. The second-order valence-electron chi connectivity index (χ2n) is 4.08. The molecule has 0 spiro atoms. The van der Waals surface area contributed by atoms with E-state index < -0.39 is 0 Å². The van der Waals surface area contributed by atoms with E-state index in [2.05, 4.69) is 24.1 Å². The number of benzene rings is 1. The van der Waals surface area contributed by atoms with Gasteiger partial charge < -0.3 is 5.32 Å². The second-order valence-corrected chi connectivity index (χ2v) is 4.96. The standard InChI is InChI=1S/C12H15N3O2S/c1-3-8(4-2)14-9-5-6-10-11(13-7-18-10)12(9)15(16)17/h5-8,14H,3-4H2,1-2H3. The summed E-state index contributed by atoms with van der Waals surface area (Å²) in [5.41, 5.74) is 2.76. The third kappa shape index (κ3) is 2.28. The first kappa shape index (κ1) is 12.8. The van der Waals surface area contributed by atoms with Crippen LogP contribution >= 0.6 is 11.3 Å². The Bertz CT molecular complexity index is 563. The van der Waals surface area contributed by atoms with Gasteiger partial charge in [-0.05, 0) is 25.0 Å². The highest BCUT2D eigenvalue weighted by molar-refractivity contribution is 7.16. The molecule has 0 amide bonds. The van der Waals surface area contributed by atoms with Crippen molar-refractivity contribution in [3.05, 3.63) is 27.8 Å². The summed E-state index contributed by atoms with van der Waals surface area (Å²) < 4.78 is 0.844. The molecule has 5 nitrogen and oxygen atoms in total. The van der Waals surface area contributed by atoms with E-state index in [-0.39, 0.29) is 16.7 Å². The Balaban J connectivity index is 2.49. The van der Waals surface area contributed by atoms with Crippen LogP contribution in [-0.2, 0) is 0 Å². The van der Waals surface area contributed by atoms with Gasteiger partial charge in [0.2, 0.25) is 0 Å². The number of nitro groups is 1. The zero-order chi connectivity index (χ0) is 13.1. The molecule has 0 atom stereocenters.